The molecular weight excluding hydrogens is 228 g/mol. The van der Waals surface area contributed by atoms with E-state index < -0.39 is 10.7 Å². The van der Waals surface area contributed by atoms with Gasteiger partial charge in [0.2, 0.25) is 5.24 Å². The average molecular weight is 243 g/mol. The maximum Gasteiger partial charge on any atom is 0.230 e. The molecule has 0 spiro atoms. The number of carbonyl (C=O) groups is 1. The molecule has 1 aromatic rings. The zero-order chi connectivity index (χ0) is 12.2. The Hall–Kier alpha value is -1.22. The van der Waals surface area contributed by atoms with E-state index in [9.17, 15) is 4.79 Å². The van der Waals surface area contributed by atoms with Crippen LogP contribution in [-0.4, -0.2) is 19.0 Å². The van der Waals surface area contributed by atoms with Crippen LogP contribution in [0.25, 0.3) is 0 Å². The smallest absolute Gasteiger partial charge is 0.230 e. The van der Waals surface area contributed by atoms with Crippen LogP contribution in [-0.2, 0) is 4.79 Å². The van der Waals surface area contributed by atoms with Crippen LogP contribution >= 0.6 is 11.6 Å². The van der Waals surface area contributed by atoms with Crippen LogP contribution in [0.15, 0.2) is 24.3 Å². The van der Waals surface area contributed by atoms with Gasteiger partial charge in [0, 0.05) is 6.07 Å². The Balaban J connectivity index is 2.64. The highest BCUT2D eigenvalue weighted by molar-refractivity contribution is 6.64. The molecule has 0 bridgehead atoms. The molecule has 0 atom stereocenters. The molecule has 16 heavy (non-hydrogen) atoms. The first-order chi connectivity index (χ1) is 7.45. The Morgan fingerprint density at radius 1 is 1.38 bits per heavy atom. The number of hydrogen-bond donors (Lipinski definition) is 0. The van der Waals surface area contributed by atoms with E-state index in [-0.39, 0.29) is 6.61 Å². The Morgan fingerprint density at radius 2 is 2.00 bits per heavy atom. The number of methoxy groups -OCH3 is 1. The van der Waals surface area contributed by atoms with E-state index in [4.69, 9.17) is 21.1 Å². The fourth-order valence-corrected chi connectivity index (χ4v) is 1.07. The molecule has 0 heterocycles. The van der Waals surface area contributed by atoms with Crippen molar-refractivity contribution in [1.82, 2.24) is 0 Å². The summed E-state index contributed by atoms with van der Waals surface area (Å²) in [6.45, 7) is 3.72. The number of ether oxygens (including phenoxy) is 2. The molecule has 0 aliphatic carbocycles. The van der Waals surface area contributed by atoms with Crippen molar-refractivity contribution in [2.75, 3.05) is 13.7 Å². The van der Waals surface area contributed by atoms with Crippen LogP contribution < -0.4 is 9.47 Å². The standard InChI is InChI=1S/C12H15ClO3/c1-12(2,11(13)14)8-16-10-6-4-5-9(7-10)15-3/h4-7H,8H2,1-3H3. The highest BCUT2D eigenvalue weighted by Gasteiger charge is 2.26. The van der Waals surface area contributed by atoms with Crippen LogP contribution in [0, 0.1) is 5.41 Å². The van der Waals surface area contributed by atoms with Crippen molar-refractivity contribution in [3.63, 3.8) is 0 Å². The van der Waals surface area contributed by atoms with Crippen molar-refractivity contribution < 1.29 is 14.3 Å². The Bertz CT molecular complexity index is 374. The Morgan fingerprint density at radius 3 is 2.56 bits per heavy atom. The summed E-state index contributed by atoms with van der Waals surface area (Å²) >= 11 is 5.45. The molecule has 0 radical (unpaired) electrons. The molecule has 88 valence electrons. The molecule has 0 aliphatic rings. The molecule has 3 nitrogen and oxygen atoms in total. The summed E-state index contributed by atoms with van der Waals surface area (Å²) in [6.07, 6.45) is 0. The first kappa shape index (κ1) is 12.8. The van der Waals surface area contributed by atoms with Crippen molar-refractivity contribution in [3.05, 3.63) is 24.3 Å². The summed E-state index contributed by atoms with van der Waals surface area (Å²) in [5, 5.41) is -0.407. The molecule has 0 N–H and O–H groups in total. The maximum atomic E-state index is 11.1. The molecule has 0 amide bonds. The van der Waals surface area contributed by atoms with Gasteiger partial charge in [-0.2, -0.15) is 0 Å². The molecule has 0 saturated heterocycles. The zero-order valence-electron chi connectivity index (χ0n) is 9.62. The van der Waals surface area contributed by atoms with Gasteiger partial charge in [-0.3, -0.25) is 4.79 Å². The lowest BCUT2D eigenvalue weighted by Gasteiger charge is -2.20. The Labute approximate surface area is 100 Å². The lowest BCUT2D eigenvalue weighted by atomic mass is 9.97. The molecule has 0 unspecified atom stereocenters. The Kier molecular flexibility index (Phi) is 4.19. The third kappa shape index (κ3) is 3.42. The van der Waals surface area contributed by atoms with E-state index in [1.54, 1.807) is 33.1 Å². The quantitative estimate of drug-likeness (QED) is 0.745. The summed E-state index contributed by atoms with van der Waals surface area (Å²) in [6, 6.07) is 7.21. The van der Waals surface area contributed by atoms with E-state index in [1.165, 1.54) is 0 Å². The topological polar surface area (TPSA) is 35.5 Å². The van der Waals surface area contributed by atoms with E-state index >= 15 is 0 Å². The largest absolute Gasteiger partial charge is 0.497 e. The highest BCUT2D eigenvalue weighted by Crippen LogP contribution is 2.23. The van der Waals surface area contributed by atoms with Gasteiger partial charge in [0.1, 0.15) is 18.1 Å². The van der Waals surface area contributed by atoms with Gasteiger partial charge in [0.25, 0.3) is 0 Å². The van der Waals surface area contributed by atoms with Crippen LogP contribution in [0.4, 0.5) is 0 Å². The van der Waals surface area contributed by atoms with E-state index in [2.05, 4.69) is 0 Å². The molecular formula is C12H15ClO3. The van der Waals surface area contributed by atoms with Crippen molar-refractivity contribution >= 4 is 16.8 Å². The monoisotopic (exact) mass is 242 g/mol. The molecule has 4 heteroatoms. The highest BCUT2D eigenvalue weighted by atomic mass is 35.5. The average Bonchev–Trinajstić information content (AvgIpc) is 2.26. The predicted octanol–water partition coefficient (Wildman–Crippen LogP) is 2.87. The fraction of sp³-hybridized carbons (Fsp3) is 0.417. The normalized spacial score (nSPS) is 11.0. The SMILES string of the molecule is COc1cccc(OCC(C)(C)C(=O)Cl)c1. The summed E-state index contributed by atoms with van der Waals surface area (Å²) < 4.78 is 10.6. The van der Waals surface area contributed by atoms with E-state index in [1.807, 2.05) is 12.1 Å². The van der Waals surface area contributed by atoms with E-state index in [0.29, 0.717) is 11.5 Å². The number of carbonyl (C=O) groups excluding carboxylic acids is 1. The minimum atomic E-state index is -0.690. The maximum absolute atomic E-state index is 11.1. The second-order valence-corrected chi connectivity index (χ2v) is 4.47. The predicted molar refractivity (Wildman–Crippen MR) is 63.1 cm³/mol. The number of halogens is 1. The molecule has 0 aromatic heterocycles. The van der Waals surface area contributed by atoms with Gasteiger partial charge in [0.15, 0.2) is 0 Å². The summed E-state index contributed by atoms with van der Waals surface area (Å²) in [5.41, 5.74) is -0.690. The van der Waals surface area contributed by atoms with E-state index in [0.717, 1.165) is 0 Å². The second-order valence-electron chi connectivity index (χ2n) is 4.13. The van der Waals surface area contributed by atoms with Crippen LogP contribution in [0.1, 0.15) is 13.8 Å². The summed E-state index contributed by atoms with van der Waals surface area (Å²) in [5.74, 6) is 1.37. The number of hydrogen-bond acceptors (Lipinski definition) is 3. The molecule has 1 aromatic carbocycles. The molecule has 1 rings (SSSR count). The van der Waals surface area contributed by atoms with Crippen molar-refractivity contribution in [2.45, 2.75) is 13.8 Å². The lowest BCUT2D eigenvalue weighted by Crippen LogP contribution is -2.27. The van der Waals surface area contributed by atoms with Gasteiger partial charge in [0.05, 0.1) is 12.5 Å². The van der Waals surface area contributed by atoms with Crippen LogP contribution in [0.5, 0.6) is 11.5 Å². The van der Waals surface area contributed by atoms with Gasteiger partial charge in [-0.25, -0.2) is 0 Å². The molecule has 0 fully saturated rings. The first-order valence-electron chi connectivity index (χ1n) is 4.92. The van der Waals surface area contributed by atoms with Gasteiger partial charge >= 0.3 is 0 Å². The van der Waals surface area contributed by atoms with Crippen molar-refractivity contribution in [2.24, 2.45) is 5.41 Å². The van der Waals surface area contributed by atoms with Gasteiger partial charge in [-0.15, -0.1) is 0 Å². The number of benzene rings is 1. The van der Waals surface area contributed by atoms with Gasteiger partial charge in [-0.05, 0) is 37.6 Å². The first-order valence-corrected chi connectivity index (χ1v) is 5.30. The van der Waals surface area contributed by atoms with Gasteiger partial charge < -0.3 is 9.47 Å². The number of rotatable bonds is 5. The summed E-state index contributed by atoms with van der Waals surface area (Å²) in [7, 11) is 1.59. The van der Waals surface area contributed by atoms with Crippen molar-refractivity contribution in [1.29, 1.82) is 0 Å². The lowest BCUT2D eigenvalue weighted by molar-refractivity contribution is -0.120. The molecule has 0 saturated carbocycles. The fourth-order valence-electron chi connectivity index (χ4n) is 1.01. The van der Waals surface area contributed by atoms with Crippen LogP contribution in [0.2, 0.25) is 0 Å². The second kappa shape index (κ2) is 5.21. The molecule has 0 aliphatic heterocycles. The zero-order valence-corrected chi connectivity index (χ0v) is 10.4. The minimum absolute atomic E-state index is 0.239. The third-order valence-corrected chi connectivity index (χ3v) is 2.68. The van der Waals surface area contributed by atoms with Gasteiger partial charge in [-0.1, -0.05) is 6.07 Å². The third-order valence-electron chi connectivity index (χ3n) is 2.17. The summed E-state index contributed by atoms with van der Waals surface area (Å²) in [4.78, 5) is 11.1. The van der Waals surface area contributed by atoms with Crippen LogP contribution in [0.3, 0.4) is 0 Å². The minimum Gasteiger partial charge on any atom is -0.497 e. The van der Waals surface area contributed by atoms with Crippen molar-refractivity contribution in [3.8, 4) is 11.5 Å².